The number of esters is 2. The van der Waals surface area contributed by atoms with Crippen molar-refractivity contribution in [1.29, 1.82) is 0 Å². The summed E-state index contributed by atoms with van der Waals surface area (Å²) < 4.78 is 10.3. The quantitative estimate of drug-likeness (QED) is 0.725. The second-order valence-corrected chi connectivity index (χ2v) is 6.44. The molecule has 0 fully saturated rings. The topological polar surface area (TPSA) is 69.7 Å². The smallest absolute Gasteiger partial charge is 0.317 e. The third-order valence-corrected chi connectivity index (χ3v) is 3.85. The number of rotatable bonds is 2. The van der Waals surface area contributed by atoms with E-state index in [4.69, 9.17) is 9.47 Å². The molecule has 2 aliphatic rings. The molecule has 0 radical (unpaired) electrons. The monoisotopic (exact) mass is 280 g/mol. The fraction of sp³-hybridized carbons (Fsp3) is 0.667. The van der Waals surface area contributed by atoms with Crippen molar-refractivity contribution in [2.24, 2.45) is 10.8 Å². The molecule has 0 aromatic carbocycles. The summed E-state index contributed by atoms with van der Waals surface area (Å²) in [6.07, 6.45) is 0.685. The SMILES string of the molecule is CCOC(=O)[C@@]1(C)CC(=O)OC2=C1C(=O)CC(C)(C)C2. The van der Waals surface area contributed by atoms with E-state index >= 15 is 0 Å². The zero-order valence-electron chi connectivity index (χ0n) is 12.4. The molecule has 0 spiro atoms. The van der Waals surface area contributed by atoms with E-state index < -0.39 is 17.4 Å². The summed E-state index contributed by atoms with van der Waals surface area (Å²) in [6.45, 7) is 7.39. The summed E-state index contributed by atoms with van der Waals surface area (Å²) in [5, 5.41) is 0. The van der Waals surface area contributed by atoms with Crippen LogP contribution < -0.4 is 0 Å². The van der Waals surface area contributed by atoms with E-state index in [9.17, 15) is 14.4 Å². The molecule has 5 heteroatoms. The Balaban J connectivity index is 2.51. The van der Waals surface area contributed by atoms with E-state index in [1.165, 1.54) is 0 Å². The van der Waals surface area contributed by atoms with Gasteiger partial charge in [0.05, 0.1) is 18.6 Å². The standard InChI is InChI=1S/C15H20O5/c1-5-19-13(18)15(4)8-11(17)20-10-7-14(2,3)6-9(16)12(10)15/h5-8H2,1-4H3/t15-/m0/s1. The van der Waals surface area contributed by atoms with Crippen LogP contribution in [0.4, 0.5) is 0 Å². The average molecular weight is 280 g/mol. The minimum atomic E-state index is -1.21. The largest absolute Gasteiger partial charge is 0.465 e. The van der Waals surface area contributed by atoms with Gasteiger partial charge in [-0.25, -0.2) is 0 Å². The third kappa shape index (κ3) is 2.37. The van der Waals surface area contributed by atoms with Gasteiger partial charge < -0.3 is 9.47 Å². The molecule has 110 valence electrons. The highest BCUT2D eigenvalue weighted by atomic mass is 16.5. The van der Waals surface area contributed by atoms with E-state index in [0.717, 1.165) is 0 Å². The Labute approximate surface area is 118 Å². The maximum Gasteiger partial charge on any atom is 0.317 e. The maximum atomic E-state index is 12.4. The second-order valence-electron chi connectivity index (χ2n) is 6.44. The molecule has 0 N–H and O–H groups in total. The minimum absolute atomic E-state index is 0.126. The molecule has 0 saturated heterocycles. The number of carbonyl (C=O) groups is 3. The van der Waals surface area contributed by atoms with Crippen molar-refractivity contribution < 1.29 is 23.9 Å². The predicted octanol–water partition coefficient (Wildman–Crippen LogP) is 2.15. The molecule has 0 amide bonds. The minimum Gasteiger partial charge on any atom is -0.465 e. The molecule has 5 nitrogen and oxygen atoms in total. The Morgan fingerprint density at radius 1 is 1.20 bits per heavy atom. The van der Waals surface area contributed by atoms with E-state index in [1.54, 1.807) is 13.8 Å². The van der Waals surface area contributed by atoms with Gasteiger partial charge in [-0.3, -0.25) is 14.4 Å². The van der Waals surface area contributed by atoms with Crippen molar-refractivity contribution in [3.63, 3.8) is 0 Å². The van der Waals surface area contributed by atoms with Crippen molar-refractivity contribution in [3.8, 4) is 0 Å². The molecule has 1 aliphatic carbocycles. The lowest BCUT2D eigenvalue weighted by Gasteiger charge is -2.40. The molecule has 0 unspecified atom stereocenters. The van der Waals surface area contributed by atoms with Gasteiger partial charge in [-0.15, -0.1) is 0 Å². The molecule has 0 aromatic heterocycles. The fourth-order valence-electron chi connectivity index (χ4n) is 2.98. The van der Waals surface area contributed by atoms with Crippen molar-refractivity contribution in [2.75, 3.05) is 6.61 Å². The van der Waals surface area contributed by atoms with Gasteiger partial charge in [0.1, 0.15) is 11.2 Å². The fourth-order valence-corrected chi connectivity index (χ4v) is 2.98. The molecule has 1 aliphatic heterocycles. The number of hydrogen-bond donors (Lipinski definition) is 0. The Morgan fingerprint density at radius 2 is 1.85 bits per heavy atom. The number of ether oxygens (including phenoxy) is 2. The van der Waals surface area contributed by atoms with Crippen molar-refractivity contribution >= 4 is 17.7 Å². The molecular formula is C15H20O5. The van der Waals surface area contributed by atoms with Crippen LogP contribution in [0.1, 0.15) is 47.0 Å². The van der Waals surface area contributed by atoms with Gasteiger partial charge >= 0.3 is 11.9 Å². The number of Topliss-reactive ketones (excluding diaryl/α,β-unsaturated/α-hetero) is 1. The van der Waals surface area contributed by atoms with Crippen LogP contribution in [0.5, 0.6) is 0 Å². The highest BCUT2D eigenvalue weighted by Crippen LogP contribution is 2.48. The summed E-state index contributed by atoms with van der Waals surface area (Å²) in [4.78, 5) is 36.4. The number of allylic oxidation sites excluding steroid dienone is 1. The lowest BCUT2D eigenvalue weighted by atomic mass is 9.66. The Morgan fingerprint density at radius 3 is 2.45 bits per heavy atom. The summed E-state index contributed by atoms with van der Waals surface area (Å²) in [7, 11) is 0. The van der Waals surface area contributed by atoms with Crippen LogP contribution in [-0.4, -0.2) is 24.3 Å². The maximum absolute atomic E-state index is 12.4. The van der Waals surface area contributed by atoms with E-state index in [1.807, 2.05) is 13.8 Å². The first kappa shape index (κ1) is 14.8. The van der Waals surface area contributed by atoms with Crippen LogP contribution in [0.15, 0.2) is 11.3 Å². The van der Waals surface area contributed by atoms with Crippen molar-refractivity contribution in [2.45, 2.75) is 47.0 Å². The molecule has 2 rings (SSSR count). The van der Waals surface area contributed by atoms with Gasteiger partial charge in [0.25, 0.3) is 0 Å². The lowest BCUT2D eigenvalue weighted by molar-refractivity contribution is -0.162. The zero-order chi connectivity index (χ0) is 15.1. The van der Waals surface area contributed by atoms with Crippen molar-refractivity contribution in [3.05, 3.63) is 11.3 Å². The van der Waals surface area contributed by atoms with E-state index in [2.05, 4.69) is 0 Å². The van der Waals surface area contributed by atoms with Crippen LogP contribution in [0, 0.1) is 10.8 Å². The molecule has 0 aromatic rings. The van der Waals surface area contributed by atoms with Crippen LogP contribution in [-0.2, 0) is 23.9 Å². The summed E-state index contributed by atoms with van der Waals surface area (Å²) in [5.74, 6) is -0.792. The molecule has 20 heavy (non-hydrogen) atoms. The molecule has 1 atom stereocenters. The third-order valence-electron chi connectivity index (χ3n) is 3.85. The molecule has 0 bridgehead atoms. The molecule has 1 heterocycles. The second kappa shape index (κ2) is 4.72. The summed E-state index contributed by atoms with van der Waals surface area (Å²) in [5.41, 5.74) is -1.15. The van der Waals surface area contributed by atoms with Gasteiger partial charge in [0.15, 0.2) is 5.78 Å². The van der Waals surface area contributed by atoms with E-state index in [0.29, 0.717) is 24.2 Å². The number of carbonyl (C=O) groups excluding carboxylic acids is 3. The van der Waals surface area contributed by atoms with Gasteiger partial charge in [0.2, 0.25) is 0 Å². The van der Waals surface area contributed by atoms with Crippen LogP contribution in [0.2, 0.25) is 0 Å². The first-order valence-corrected chi connectivity index (χ1v) is 6.84. The average Bonchev–Trinajstić information content (AvgIpc) is 2.25. The Kier molecular flexibility index (Phi) is 3.48. The van der Waals surface area contributed by atoms with Crippen LogP contribution >= 0.6 is 0 Å². The highest BCUT2D eigenvalue weighted by Gasteiger charge is 2.52. The first-order valence-electron chi connectivity index (χ1n) is 6.84. The Bertz CT molecular complexity index is 514. The van der Waals surface area contributed by atoms with Gasteiger partial charge in [-0.2, -0.15) is 0 Å². The van der Waals surface area contributed by atoms with E-state index in [-0.39, 0.29) is 24.2 Å². The lowest BCUT2D eigenvalue weighted by Crippen LogP contribution is -2.45. The first-order chi connectivity index (χ1) is 9.19. The Hall–Kier alpha value is -1.65. The summed E-state index contributed by atoms with van der Waals surface area (Å²) >= 11 is 0. The van der Waals surface area contributed by atoms with Crippen LogP contribution in [0.25, 0.3) is 0 Å². The summed E-state index contributed by atoms with van der Waals surface area (Å²) in [6, 6.07) is 0. The van der Waals surface area contributed by atoms with Gasteiger partial charge in [-0.1, -0.05) is 13.8 Å². The molecular weight excluding hydrogens is 260 g/mol. The van der Waals surface area contributed by atoms with Gasteiger partial charge in [0, 0.05) is 12.8 Å². The highest BCUT2D eigenvalue weighted by molar-refractivity contribution is 6.06. The number of hydrogen-bond acceptors (Lipinski definition) is 5. The van der Waals surface area contributed by atoms with Crippen LogP contribution in [0.3, 0.4) is 0 Å². The van der Waals surface area contributed by atoms with Gasteiger partial charge in [-0.05, 0) is 19.3 Å². The zero-order valence-corrected chi connectivity index (χ0v) is 12.4. The number of ketones is 1. The van der Waals surface area contributed by atoms with Crippen molar-refractivity contribution in [1.82, 2.24) is 0 Å². The molecule has 0 saturated carbocycles. The normalized spacial score (nSPS) is 28.8. The predicted molar refractivity (Wildman–Crippen MR) is 70.5 cm³/mol.